The minimum atomic E-state index is -0.393. The lowest BCUT2D eigenvalue weighted by Gasteiger charge is -2.40. The average Bonchev–Trinajstić information content (AvgIpc) is 2.42. The van der Waals surface area contributed by atoms with Gasteiger partial charge in [0.15, 0.2) is 0 Å². The fourth-order valence-corrected chi connectivity index (χ4v) is 2.96. The van der Waals surface area contributed by atoms with E-state index in [2.05, 4.69) is 5.32 Å². The summed E-state index contributed by atoms with van der Waals surface area (Å²) in [6.07, 6.45) is 2.88. The molecule has 0 saturated heterocycles. The maximum Gasteiger partial charge on any atom is 0.235 e. The molecule has 21 heavy (non-hydrogen) atoms. The van der Waals surface area contributed by atoms with Crippen molar-refractivity contribution in [1.29, 1.82) is 0 Å². The summed E-state index contributed by atoms with van der Waals surface area (Å²) in [5.41, 5.74) is 2.70. The van der Waals surface area contributed by atoms with Crippen LogP contribution in [0.25, 0.3) is 0 Å². The molecule has 1 N–H and O–H groups in total. The van der Waals surface area contributed by atoms with Crippen LogP contribution in [0.2, 0.25) is 5.02 Å². The molecule has 0 heterocycles. The average molecular weight is 300 g/mol. The molecule has 3 heteroatoms. The number of amides is 1. The maximum atomic E-state index is 12.7. The molecule has 3 rings (SSSR count). The van der Waals surface area contributed by atoms with E-state index >= 15 is 0 Å². The summed E-state index contributed by atoms with van der Waals surface area (Å²) in [4.78, 5) is 12.7. The van der Waals surface area contributed by atoms with Gasteiger partial charge in [-0.05, 0) is 49.6 Å². The van der Waals surface area contributed by atoms with E-state index in [1.165, 1.54) is 5.56 Å². The molecule has 1 fully saturated rings. The molecule has 1 aliphatic rings. The molecule has 0 aromatic heterocycles. The second-order valence-corrected chi connectivity index (χ2v) is 6.20. The number of halogens is 1. The molecule has 0 aliphatic heterocycles. The van der Waals surface area contributed by atoms with Crippen molar-refractivity contribution < 1.29 is 4.79 Å². The lowest BCUT2D eigenvalue weighted by molar-refractivity contribution is -0.124. The van der Waals surface area contributed by atoms with Gasteiger partial charge in [0.1, 0.15) is 0 Å². The van der Waals surface area contributed by atoms with Crippen molar-refractivity contribution in [2.24, 2.45) is 0 Å². The predicted octanol–water partition coefficient (Wildman–Crippen LogP) is 4.71. The van der Waals surface area contributed by atoms with Crippen LogP contribution in [0, 0.1) is 6.92 Å². The van der Waals surface area contributed by atoms with Gasteiger partial charge < -0.3 is 5.32 Å². The maximum absolute atomic E-state index is 12.7. The molecule has 0 unspecified atom stereocenters. The van der Waals surface area contributed by atoms with Gasteiger partial charge in [-0.15, -0.1) is 0 Å². The third-order valence-electron chi connectivity index (χ3n) is 4.35. The Morgan fingerprint density at radius 2 is 1.67 bits per heavy atom. The van der Waals surface area contributed by atoms with Gasteiger partial charge in [-0.25, -0.2) is 0 Å². The van der Waals surface area contributed by atoms with Gasteiger partial charge in [-0.1, -0.05) is 47.9 Å². The van der Waals surface area contributed by atoms with Crippen LogP contribution >= 0.6 is 11.6 Å². The minimum Gasteiger partial charge on any atom is -0.325 e. The predicted molar refractivity (Wildman–Crippen MR) is 86.8 cm³/mol. The number of benzene rings is 2. The van der Waals surface area contributed by atoms with E-state index in [1.807, 2.05) is 55.5 Å². The van der Waals surface area contributed by atoms with Gasteiger partial charge in [-0.3, -0.25) is 4.79 Å². The molecule has 0 radical (unpaired) electrons. The number of hydrogen-bond donors (Lipinski definition) is 1. The van der Waals surface area contributed by atoms with Crippen LogP contribution in [0.15, 0.2) is 48.5 Å². The van der Waals surface area contributed by atoms with Crippen LogP contribution in [-0.2, 0) is 10.2 Å². The van der Waals surface area contributed by atoms with E-state index < -0.39 is 5.41 Å². The number of anilines is 1. The topological polar surface area (TPSA) is 29.1 Å². The quantitative estimate of drug-likeness (QED) is 0.874. The molecule has 0 atom stereocenters. The largest absolute Gasteiger partial charge is 0.325 e. The summed E-state index contributed by atoms with van der Waals surface area (Å²) < 4.78 is 0. The Labute approximate surface area is 130 Å². The van der Waals surface area contributed by atoms with Crippen molar-refractivity contribution in [3.8, 4) is 0 Å². The highest BCUT2D eigenvalue weighted by Gasteiger charge is 2.45. The Hall–Kier alpha value is -1.80. The van der Waals surface area contributed by atoms with Gasteiger partial charge in [0.2, 0.25) is 5.91 Å². The monoisotopic (exact) mass is 299 g/mol. The van der Waals surface area contributed by atoms with Crippen molar-refractivity contribution in [1.82, 2.24) is 0 Å². The Morgan fingerprint density at radius 1 is 1.05 bits per heavy atom. The van der Waals surface area contributed by atoms with Gasteiger partial charge in [0, 0.05) is 10.7 Å². The van der Waals surface area contributed by atoms with Crippen LogP contribution in [-0.4, -0.2) is 5.91 Å². The second-order valence-electron chi connectivity index (χ2n) is 5.76. The third kappa shape index (κ3) is 2.68. The first-order chi connectivity index (χ1) is 10.1. The van der Waals surface area contributed by atoms with Crippen LogP contribution < -0.4 is 5.32 Å². The van der Waals surface area contributed by atoms with E-state index in [-0.39, 0.29) is 5.91 Å². The van der Waals surface area contributed by atoms with E-state index in [0.717, 1.165) is 30.5 Å². The zero-order chi connectivity index (χ0) is 14.9. The van der Waals surface area contributed by atoms with Crippen molar-refractivity contribution >= 4 is 23.2 Å². The number of carbonyl (C=O) groups excluding carboxylic acids is 1. The van der Waals surface area contributed by atoms with Gasteiger partial charge in [0.25, 0.3) is 0 Å². The molecule has 1 saturated carbocycles. The van der Waals surface area contributed by atoms with Gasteiger partial charge in [0.05, 0.1) is 5.41 Å². The van der Waals surface area contributed by atoms with Crippen LogP contribution in [0.3, 0.4) is 0 Å². The minimum absolute atomic E-state index is 0.0833. The highest BCUT2D eigenvalue weighted by atomic mass is 35.5. The lowest BCUT2D eigenvalue weighted by atomic mass is 9.64. The van der Waals surface area contributed by atoms with E-state index in [9.17, 15) is 4.79 Å². The molecular weight excluding hydrogens is 282 g/mol. The van der Waals surface area contributed by atoms with Gasteiger partial charge in [-0.2, -0.15) is 0 Å². The molecule has 2 aromatic rings. The van der Waals surface area contributed by atoms with E-state index in [4.69, 9.17) is 11.6 Å². The van der Waals surface area contributed by atoms with Crippen LogP contribution in [0.1, 0.15) is 30.4 Å². The highest BCUT2D eigenvalue weighted by molar-refractivity contribution is 6.30. The summed E-state index contributed by atoms with van der Waals surface area (Å²) >= 11 is 5.95. The number of aryl methyl sites for hydroxylation is 1. The Kier molecular flexibility index (Phi) is 3.73. The lowest BCUT2D eigenvalue weighted by Crippen LogP contribution is -2.45. The molecule has 1 amide bonds. The number of rotatable bonds is 3. The highest BCUT2D eigenvalue weighted by Crippen LogP contribution is 2.44. The molecule has 2 aromatic carbocycles. The molecule has 0 spiro atoms. The fraction of sp³-hybridized carbons (Fsp3) is 0.278. The second kappa shape index (κ2) is 5.53. The fourth-order valence-electron chi connectivity index (χ4n) is 2.83. The third-order valence-corrected chi connectivity index (χ3v) is 4.60. The van der Waals surface area contributed by atoms with Crippen LogP contribution in [0.5, 0.6) is 0 Å². The van der Waals surface area contributed by atoms with E-state index in [1.54, 1.807) is 0 Å². The van der Waals surface area contributed by atoms with Crippen molar-refractivity contribution in [3.05, 3.63) is 64.7 Å². The smallest absolute Gasteiger partial charge is 0.235 e. The number of hydrogen-bond acceptors (Lipinski definition) is 1. The molecular formula is C18H18ClNO. The molecule has 0 bridgehead atoms. The first-order valence-electron chi connectivity index (χ1n) is 7.24. The molecule has 1 aliphatic carbocycles. The molecule has 108 valence electrons. The Morgan fingerprint density at radius 3 is 2.19 bits per heavy atom. The zero-order valence-electron chi connectivity index (χ0n) is 12.0. The first-order valence-corrected chi connectivity index (χ1v) is 7.62. The summed E-state index contributed by atoms with van der Waals surface area (Å²) in [5.74, 6) is 0.0833. The number of nitrogens with one attached hydrogen (secondary N) is 1. The van der Waals surface area contributed by atoms with Crippen LogP contribution in [0.4, 0.5) is 5.69 Å². The summed E-state index contributed by atoms with van der Waals surface area (Å²) in [6, 6.07) is 15.6. The zero-order valence-corrected chi connectivity index (χ0v) is 12.8. The first kappa shape index (κ1) is 14.2. The Bertz CT molecular complexity index is 642. The summed E-state index contributed by atoms with van der Waals surface area (Å²) in [6.45, 7) is 2.03. The van der Waals surface area contributed by atoms with E-state index in [0.29, 0.717) is 5.02 Å². The van der Waals surface area contributed by atoms with Crippen molar-refractivity contribution in [2.45, 2.75) is 31.6 Å². The summed E-state index contributed by atoms with van der Waals surface area (Å²) in [7, 11) is 0. The standard InChI is InChI=1S/C18H18ClNO/c1-13-3-9-16(10-4-13)20-17(21)18(11-2-12-18)14-5-7-15(19)8-6-14/h3-10H,2,11-12H2,1H3,(H,20,21). The normalized spacial score (nSPS) is 16.1. The molecule has 2 nitrogen and oxygen atoms in total. The van der Waals surface area contributed by atoms with Crippen molar-refractivity contribution in [3.63, 3.8) is 0 Å². The summed E-state index contributed by atoms with van der Waals surface area (Å²) in [5, 5.41) is 3.75. The van der Waals surface area contributed by atoms with Crippen molar-refractivity contribution in [2.75, 3.05) is 5.32 Å². The number of carbonyl (C=O) groups is 1. The van der Waals surface area contributed by atoms with Gasteiger partial charge >= 0.3 is 0 Å². The SMILES string of the molecule is Cc1ccc(NC(=O)C2(c3ccc(Cl)cc3)CCC2)cc1. The Balaban J connectivity index is 1.83.